The number of rotatable bonds is 4. The third-order valence-corrected chi connectivity index (χ3v) is 6.44. The van der Waals surface area contributed by atoms with E-state index < -0.39 is 6.36 Å². The zero-order chi connectivity index (χ0) is 24.5. The number of urea groups is 1. The second-order valence-corrected chi connectivity index (χ2v) is 9.40. The summed E-state index contributed by atoms with van der Waals surface area (Å²) >= 11 is 0. The van der Waals surface area contributed by atoms with Crippen LogP contribution in [0.1, 0.15) is 68.1 Å². The molecule has 2 aliphatic heterocycles. The van der Waals surface area contributed by atoms with Crippen LogP contribution in [-0.4, -0.2) is 64.6 Å². The molecule has 2 fully saturated rings. The van der Waals surface area contributed by atoms with E-state index in [-0.39, 0.29) is 35.6 Å². The molecule has 1 aromatic heterocycles. The average molecular weight is 482 g/mol. The maximum absolute atomic E-state index is 13.3. The minimum Gasteiger partial charge on any atom is -0.406 e. The molecule has 0 spiro atoms. The molecule has 2 aliphatic rings. The van der Waals surface area contributed by atoms with Crippen molar-refractivity contribution in [1.82, 2.24) is 19.9 Å². The van der Waals surface area contributed by atoms with Gasteiger partial charge in [-0.25, -0.2) is 4.79 Å². The van der Waals surface area contributed by atoms with Crippen LogP contribution >= 0.6 is 0 Å². The molecule has 2 unspecified atom stereocenters. The smallest absolute Gasteiger partial charge is 0.406 e. The van der Waals surface area contributed by atoms with Crippen LogP contribution in [0.5, 0.6) is 5.75 Å². The number of hydrogen-bond donors (Lipinski definition) is 1. The van der Waals surface area contributed by atoms with Crippen molar-refractivity contribution < 1.29 is 27.2 Å². The van der Waals surface area contributed by atoms with Crippen molar-refractivity contribution in [1.29, 1.82) is 0 Å². The predicted molar refractivity (Wildman–Crippen MR) is 117 cm³/mol. The molecular weight excluding hydrogens is 451 g/mol. The lowest BCUT2D eigenvalue weighted by atomic mass is 9.84. The number of nitrogens with two attached hydrogens (primary N) is 1. The largest absolute Gasteiger partial charge is 0.573 e. The number of benzene rings is 1. The van der Waals surface area contributed by atoms with Crippen molar-refractivity contribution in [3.05, 3.63) is 41.5 Å². The molecule has 3 heterocycles. The Balaban J connectivity index is 1.55. The summed E-state index contributed by atoms with van der Waals surface area (Å²) in [7, 11) is 0. The van der Waals surface area contributed by atoms with Gasteiger partial charge in [-0.1, -0.05) is 31.1 Å². The summed E-state index contributed by atoms with van der Waals surface area (Å²) in [5.74, 6) is 0.621. The second-order valence-electron chi connectivity index (χ2n) is 9.40. The molecule has 2 atom stereocenters. The van der Waals surface area contributed by atoms with Gasteiger partial charge in [0.2, 0.25) is 5.89 Å². The van der Waals surface area contributed by atoms with Gasteiger partial charge >= 0.3 is 12.4 Å². The molecule has 0 bridgehead atoms. The quantitative estimate of drug-likeness (QED) is 0.703. The molecule has 2 aromatic rings. The summed E-state index contributed by atoms with van der Waals surface area (Å²) in [6.45, 7) is 6.04. The standard InChI is InChI=1S/C23H30F3N5O3/c1-14(2)20-28-21(34-29-20)17-11-16(15-3-5-19(6-4-15)33-23(24,25)26)12-31(13-17)22(32)30-9-7-18(27)8-10-30/h3-6,14,16-18H,7-13,27H2,1-2H3. The van der Waals surface area contributed by atoms with Crippen LogP contribution < -0.4 is 10.5 Å². The van der Waals surface area contributed by atoms with E-state index in [0.29, 0.717) is 44.3 Å². The van der Waals surface area contributed by atoms with Crippen molar-refractivity contribution >= 4 is 6.03 Å². The molecule has 0 saturated carbocycles. The fourth-order valence-electron chi connectivity index (χ4n) is 4.56. The van der Waals surface area contributed by atoms with Crippen LogP contribution in [0.25, 0.3) is 0 Å². The molecule has 2 N–H and O–H groups in total. The number of likely N-dealkylation sites (tertiary alicyclic amines) is 2. The van der Waals surface area contributed by atoms with Crippen LogP contribution in [0.2, 0.25) is 0 Å². The Morgan fingerprint density at radius 3 is 2.35 bits per heavy atom. The fraction of sp³-hybridized carbons (Fsp3) is 0.609. The number of amides is 2. The van der Waals surface area contributed by atoms with Crippen molar-refractivity contribution in [3.8, 4) is 5.75 Å². The zero-order valence-corrected chi connectivity index (χ0v) is 19.3. The van der Waals surface area contributed by atoms with Crippen molar-refractivity contribution in [2.24, 2.45) is 5.73 Å². The molecule has 4 rings (SSSR count). The van der Waals surface area contributed by atoms with Gasteiger partial charge in [0.15, 0.2) is 5.82 Å². The van der Waals surface area contributed by atoms with Crippen LogP contribution in [0.15, 0.2) is 28.8 Å². The van der Waals surface area contributed by atoms with Gasteiger partial charge in [-0.05, 0) is 37.0 Å². The van der Waals surface area contributed by atoms with E-state index in [0.717, 1.165) is 18.4 Å². The Bertz CT molecular complexity index is 971. The number of nitrogens with zero attached hydrogens (tertiary/aromatic N) is 4. The number of carbonyl (C=O) groups excluding carboxylic acids is 1. The Morgan fingerprint density at radius 2 is 1.76 bits per heavy atom. The van der Waals surface area contributed by atoms with Crippen LogP contribution in [0, 0.1) is 0 Å². The zero-order valence-electron chi connectivity index (χ0n) is 19.3. The topological polar surface area (TPSA) is 97.7 Å². The number of carbonyl (C=O) groups is 1. The van der Waals surface area contributed by atoms with Crippen LogP contribution in [0.3, 0.4) is 0 Å². The van der Waals surface area contributed by atoms with Gasteiger partial charge in [-0.2, -0.15) is 4.98 Å². The number of alkyl halides is 3. The highest BCUT2D eigenvalue weighted by atomic mass is 19.4. The molecule has 2 saturated heterocycles. The lowest BCUT2D eigenvalue weighted by Gasteiger charge is -2.40. The van der Waals surface area contributed by atoms with Crippen molar-refractivity contribution in [2.75, 3.05) is 26.2 Å². The summed E-state index contributed by atoms with van der Waals surface area (Å²) in [6, 6.07) is 5.87. The lowest BCUT2D eigenvalue weighted by Crippen LogP contribution is -2.52. The number of piperidine rings is 2. The molecule has 186 valence electrons. The van der Waals surface area contributed by atoms with Crippen molar-refractivity contribution in [2.45, 2.75) is 63.3 Å². The fourth-order valence-corrected chi connectivity index (χ4v) is 4.56. The molecule has 2 amide bonds. The van der Waals surface area contributed by atoms with Gasteiger partial charge in [-0.15, -0.1) is 13.2 Å². The number of ether oxygens (including phenoxy) is 1. The number of halogens is 3. The highest BCUT2D eigenvalue weighted by Gasteiger charge is 2.37. The van der Waals surface area contributed by atoms with Crippen LogP contribution in [-0.2, 0) is 0 Å². The minimum atomic E-state index is -4.75. The third-order valence-electron chi connectivity index (χ3n) is 6.44. The number of aromatic nitrogens is 2. The van der Waals surface area contributed by atoms with Gasteiger partial charge < -0.3 is 24.8 Å². The first kappa shape index (κ1) is 24.3. The predicted octanol–water partition coefficient (Wildman–Crippen LogP) is 4.21. The lowest BCUT2D eigenvalue weighted by molar-refractivity contribution is -0.274. The summed E-state index contributed by atoms with van der Waals surface area (Å²) < 4.78 is 47.1. The van der Waals surface area contributed by atoms with Gasteiger partial charge in [0.25, 0.3) is 0 Å². The van der Waals surface area contributed by atoms with E-state index in [4.69, 9.17) is 10.3 Å². The molecular formula is C23H30F3N5O3. The van der Waals surface area contributed by atoms with E-state index >= 15 is 0 Å². The highest BCUT2D eigenvalue weighted by molar-refractivity contribution is 5.75. The van der Waals surface area contributed by atoms with Gasteiger partial charge in [0.1, 0.15) is 5.75 Å². The highest BCUT2D eigenvalue weighted by Crippen LogP contribution is 2.37. The molecule has 34 heavy (non-hydrogen) atoms. The summed E-state index contributed by atoms with van der Waals surface area (Å²) in [5, 5.41) is 4.07. The summed E-state index contributed by atoms with van der Waals surface area (Å²) in [6.07, 6.45) is -2.60. The van der Waals surface area contributed by atoms with E-state index in [2.05, 4.69) is 14.9 Å². The van der Waals surface area contributed by atoms with Gasteiger partial charge in [0, 0.05) is 44.1 Å². The SMILES string of the molecule is CC(C)c1noc(C2CC(c3ccc(OC(F)(F)F)cc3)CN(C(=O)N3CCC(N)CC3)C2)n1. The Kier molecular flexibility index (Phi) is 7.01. The minimum absolute atomic E-state index is 0.0674. The first-order valence-corrected chi connectivity index (χ1v) is 11.6. The second kappa shape index (κ2) is 9.81. The maximum Gasteiger partial charge on any atom is 0.573 e. The molecule has 0 aliphatic carbocycles. The number of hydrogen-bond acceptors (Lipinski definition) is 6. The first-order valence-electron chi connectivity index (χ1n) is 11.6. The summed E-state index contributed by atoms with van der Waals surface area (Å²) in [5.41, 5.74) is 6.81. The molecule has 11 heteroatoms. The Labute approximate surface area is 196 Å². The van der Waals surface area contributed by atoms with Gasteiger partial charge in [0.05, 0.1) is 5.92 Å². The average Bonchev–Trinajstić information content (AvgIpc) is 3.29. The first-order chi connectivity index (χ1) is 16.1. The molecule has 1 aromatic carbocycles. The normalized spacial score (nSPS) is 22.3. The third kappa shape index (κ3) is 5.81. The van der Waals surface area contributed by atoms with E-state index in [1.165, 1.54) is 12.1 Å². The monoisotopic (exact) mass is 481 g/mol. The maximum atomic E-state index is 13.3. The van der Waals surface area contributed by atoms with Crippen molar-refractivity contribution in [3.63, 3.8) is 0 Å². The van der Waals surface area contributed by atoms with Crippen LogP contribution in [0.4, 0.5) is 18.0 Å². The Hall–Kier alpha value is -2.82. The summed E-state index contributed by atoms with van der Waals surface area (Å²) in [4.78, 5) is 21.5. The Morgan fingerprint density at radius 1 is 1.12 bits per heavy atom. The van der Waals surface area contributed by atoms with Gasteiger partial charge in [-0.3, -0.25) is 0 Å². The van der Waals surface area contributed by atoms with E-state index in [9.17, 15) is 18.0 Å². The van der Waals surface area contributed by atoms with E-state index in [1.54, 1.807) is 17.0 Å². The molecule has 8 nitrogen and oxygen atoms in total. The van der Waals surface area contributed by atoms with E-state index in [1.807, 2.05) is 18.7 Å². The molecule has 0 radical (unpaired) electrons.